The lowest BCUT2D eigenvalue weighted by atomic mass is 9.99. The Kier molecular flexibility index (Phi) is 7.73. The van der Waals surface area contributed by atoms with Crippen molar-refractivity contribution in [3.8, 4) is 0 Å². The van der Waals surface area contributed by atoms with E-state index in [2.05, 4.69) is 17.1 Å². The van der Waals surface area contributed by atoms with Crippen molar-refractivity contribution in [2.45, 2.75) is 38.0 Å². The van der Waals surface area contributed by atoms with Gasteiger partial charge in [0.25, 0.3) is 15.9 Å². The first-order valence-corrected chi connectivity index (χ1v) is 12.4. The number of aryl methyl sites for hydroxylation is 1. The van der Waals surface area contributed by atoms with Gasteiger partial charge in [0.15, 0.2) is 0 Å². The number of amides is 1. The summed E-state index contributed by atoms with van der Waals surface area (Å²) in [4.78, 5) is 15.5. The molecule has 7 heteroatoms. The van der Waals surface area contributed by atoms with E-state index >= 15 is 0 Å². The molecule has 0 atom stereocenters. The maximum absolute atomic E-state index is 13.1. The van der Waals surface area contributed by atoms with Crippen LogP contribution in [0, 0.1) is 12.8 Å². The van der Waals surface area contributed by atoms with Gasteiger partial charge in [-0.25, -0.2) is 8.42 Å². The smallest absolute Gasteiger partial charge is 0.264 e. The van der Waals surface area contributed by atoms with Crippen LogP contribution in [0.25, 0.3) is 0 Å². The molecule has 31 heavy (non-hydrogen) atoms. The number of nitrogens with zero attached hydrogens (tertiary/aromatic N) is 2. The van der Waals surface area contributed by atoms with Gasteiger partial charge in [-0.2, -0.15) is 0 Å². The van der Waals surface area contributed by atoms with Crippen molar-refractivity contribution < 1.29 is 13.2 Å². The molecule has 2 aromatic carbocycles. The molecule has 3 rings (SSSR count). The van der Waals surface area contributed by atoms with E-state index in [1.807, 2.05) is 6.92 Å². The summed E-state index contributed by atoms with van der Waals surface area (Å²) in [6.07, 6.45) is 3.35. The summed E-state index contributed by atoms with van der Waals surface area (Å²) in [5, 5.41) is 2.95. The Morgan fingerprint density at radius 3 is 2.42 bits per heavy atom. The second-order valence-electron chi connectivity index (χ2n) is 8.44. The average molecular weight is 444 g/mol. The summed E-state index contributed by atoms with van der Waals surface area (Å²) in [7, 11) is -2.28. The van der Waals surface area contributed by atoms with E-state index in [0.717, 1.165) is 37.5 Å². The van der Waals surface area contributed by atoms with Crippen LogP contribution in [0.4, 0.5) is 5.69 Å². The van der Waals surface area contributed by atoms with E-state index in [-0.39, 0.29) is 10.8 Å². The first-order valence-electron chi connectivity index (χ1n) is 10.9. The summed E-state index contributed by atoms with van der Waals surface area (Å²) < 4.78 is 27.3. The molecule has 1 N–H and O–H groups in total. The van der Waals surface area contributed by atoms with Gasteiger partial charge in [0.05, 0.1) is 16.1 Å². The first-order chi connectivity index (χ1) is 14.8. The average Bonchev–Trinajstić information content (AvgIpc) is 2.77. The number of rotatable bonds is 8. The fourth-order valence-electron chi connectivity index (χ4n) is 3.82. The molecular weight excluding hydrogens is 410 g/mol. The molecule has 0 aliphatic carbocycles. The van der Waals surface area contributed by atoms with E-state index < -0.39 is 10.0 Å². The van der Waals surface area contributed by atoms with Crippen molar-refractivity contribution in [2.75, 3.05) is 37.5 Å². The summed E-state index contributed by atoms with van der Waals surface area (Å²) in [5.41, 5.74) is 1.71. The Hall–Kier alpha value is -2.38. The van der Waals surface area contributed by atoms with Gasteiger partial charge in [0.1, 0.15) is 0 Å². The molecule has 1 saturated heterocycles. The van der Waals surface area contributed by atoms with Gasteiger partial charge in [-0.15, -0.1) is 0 Å². The summed E-state index contributed by atoms with van der Waals surface area (Å²) >= 11 is 0. The van der Waals surface area contributed by atoms with Gasteiger partial charge in [0, 0.05) is 13.6 Å². The number of anilines is 1. The molecule has 0 saturated carbocycles. The van der Waals surface area contributed by atoms with E-state index in [0.29, 0.717) is 17.8 Å². The molecule has 0 unspecified atom stereocenters. The van der Waals surface area contributed by atoms with E-state index in [1.54, 1.807) is 48.5 Å². The highest BCUT2D eigenvalue weighted by Gasteiger charge is 2.25. The molecule has 1 fully saturated rings. The number of nitrogens with one attached hydrogen (secondary N) is 1. The molecule has 1 heterocycles. The quantitative estimate of drug-likeness (QED) is 0.632. The number of para-hydroxylation sites is 1. The maximum Gasteiger partial charge on any atom is 0.264 e. The molecule has 2 aromatic rings. The minimum absolute atomic E-state index is 0.201. The highest BCUT2D eigenvalue weighted by atomic mass is 32.2. The van der Waals surface area contributed by atoms with Crippen LogP contribution in [0.15, 0.2) is 53.4 Å². The summed E-state index contributed by atoms with van der Waals surface area (Å²) in [6, 6.07) is 13.5. The van der Waals surface area contributed by atoms with Crippen LogP contribution in [-0.2, 0) is 10.0 Å². The Morgan fingerprint density at radius 2 is 1.74 bits per heavy atom. The molecule has 1 amide bonds. The third-order valence-electron chi connectivity index (χ3n) is 5.98. The maximum atomic E-state index is 13.1. The number of carbonyl (C=O) groups is 1. The van der Waals surface area contributed by atoms with Crippen molar-refractivity contribution >= 4 is 21.6 Å². The van der Waals surface area contributed by atoms with Crippen molar-refractivity contribution in [3.05, 3.63) is 59.7 Å². The lowest BCUT2D eigenvalue weighted by Gasteiger charge is -2.30. The Morgan fingerprint density at radius 1 is 1.10 bits per heavy atom. The van der Waals surface area contributed by atoms with Gasteiger partial charge in [-0.3, -0.25) is 9.10 Å². The number of likely N-dealkylation sites (tertiary alicyclic amines) is 1. The van der Waals surface area contributed by atoms with E-state index in [9.17, 15) is 13.2 Å². The Labute approximate surface area is 186 Å². The lowest BCUT2D eigenvalue weighted by molar-refractivity contribution is 0.0951. The summed E-state index contributed by atoms with van der Waals surface area (Å²) in [5.74, 6) is 0.550. The third kappa shape index (κ3) is 5.86. The van der Waals surface area contributed by atoms with Gasteiger partial charge >= 0.3 is 0 Å². The molecule has 0 bridgehead atoms. The fraction of sp³-hybridized carbons (Fsp3) is 0.458. The minimum Gasteiger partial charge on any atom is -0.352 e. The second-order valence-corrected chi connectivity index (χ2v) is 10.4. The van der Waals surface area contributed by atoms with Crippen molar-refractivity contribution in [1.29, 1.82) is 0 Å². The Balaban J connectivity index is 1.63. The van der Waals surface area contributed by atoms with Crippen molar-refractivity contribution in [2.24, 2.45) is 5.92 Å². The van der Waals surface area contributed by atoms with Crippen LogP contribution in [0.3, 0.4) is 0 Å². The lowest BCUT2D eigenvalue weighted by Crippen LogP contribution is -2.35. The number of piperidine rings is 1. The fourth-order valence-corrected chi connectivity index (χ4v) is 5.04. The largest absolute Gasteiger partial charge is 0.352 e. The zero-order chi connectivity index (χ0) is 22.4. The monoisotopic (exact) mass is 443 g/mol. The van der Waals surface area contributed by atoms with Crippen molar-refractivity contribution in [1.82, 2.24) is 10.2 Å². The molecule has 1 aliphatic heterocycles. The van der Waals surface area contributed by atoms with E-state index in [4.69, 9.17) is 0 Å². The summed E-state index contributed by atoms with van der Waals surface area (Å²) in [6.45, 7) is 7.99. The van der Waals surface area contributed by atoms with Crippen LogP contribution in [0.5, 0.6) is 0 Å². The van der Waals surface area contributed by atoms with Gasteiger partial charge in [-0.1, -0.05) is 36.8 Å². The SMILES string of the molecule is Cc1ccc(S(=O)(=O)N(C)c2ccccc2C(=O)NCCCN2CCC(C)CC2)cc1. The highest BCUT2D eigenvalue weighted by Crippen LogP contribution is 2.26. The zero-order valence-corrected chi connectivity index (χ0v) is 19.5. The number of carbonyl (C=O) groups excluding carboxylic acids is 1. The van der Waals surface area contributed by atoms with Gasteiger partial charge < -0.3 is 10.2 Å². The number of hydrogen-bond acceptors (Lipinski definition) is 4. The molecule has 168 valence electrons. The standard InChI is InChI=1S/C24H33N3O3S/c1-19-9-11-21(12-10-19)31(29,30)26(3)23-8-5-4-7-22(23)24(28)25-15-6-16-27-17-13-20(2)14-18-27/h4-5,7-12,20H,6,13-18H2,1-3H3,(H,25,28). The molecule has 0 aromatic heterocycles. The molecule has 6 nitrogen and oxygen atoms in total. The van der Waals surface area contributed by atoms with Gasteiger partial charge in [-0.05, 0) is 76.0 Å². The van der Waals surface area contributed by atoms with Gasteiger partial charge in [0.2, 0.25) is 0 Å². The van der Waals surface area contributed by atoms with Crippen LogP contribution in [0.1, 0.15) is 42.1 Å². The van der Waals surface area contributed by atoms with Crippen LogP contribution >= 0.6 is 0 Å². The first kappa shape index (κ1) is 23.3. The predicted molar refractivity (Wildman–Crippen MR) is 125 cm³/mol. The molecule has 0 radical (unpaired) electrons. The van der Waals surface area contributed by atoms with Crippen LogP contribution in [0.2, 0.25) is 0 Å². The molecule has 0 spiro atoms. The molecule has 1 aliphatic rings. The van der Waals surface area contributed by atoms with Crippen molar-refractivity contribution in [3.63, 3.8) is 0 Å². The zero-order valence-electron chi connectivity index (χ0n) is 18.7. The number of sulfonamides is 1. The minimum atomic E-state index is -3.76. The molecular formula is C24H33N3O3S. The Bertz CT molecular complexity index is 981. The predicted octanol–water partition coefficient (Wildman–Crippen LogP) is 3.67. The number of benzene rings is 2. The van der Waals surface area contributed by atoms with E-state index in [1.165, 1.54) is 24.2 Å². The number of hydrogen-bond donors (Lipinski definition) is 1. The third-order valence-corrected chi connectivity index (χ3v) is 7.77. The second kappa shape index (κ2) is 10.3. The van der Waals surface area contributed by atoms with Crippen LogP contribution in [-0.4, -0.2) is 52.5 Å². The normalized spacial score (nSPS) is 15.6. The highest BCUT2D eigenvalue weighted by molar-refractivity contribution is 7.92. The topological polar surface area (TPSA) is 69.7 Å². The van der Waals surface area contributed by atoms with Crippen LogP contribution < -0.4 is 9.62 Å².